The first-order valence-electron chi connectivity index (χ1n) is 11.1. The Morgan fingerprint density at radius 1 is 1.24 bits per heavy atom. The standard InChI is InChI=1S/C23H32ClF3N4O2/c1-21(2,13-23(25,26)27)29-20(33)15-9-16(11-28-10-15)31-12-19(32)30(14-22(31,3)4)18-8-6-5-7-17(18)24/h5-8,15-16,28H,9-14H2,1-4H3,(H,29,33)/t15-,16+/m0/s1. The number of carbonyl (C=O) groups is 2. The fraction of sp³-hybridized carbons (Fsp3) is 0.652. The van der Waals surface area contributed by atoms with Crippen LogP contribution in [0.25, 0.3) is 0 Å². The molecule has 0 aromatic heterocycles. The zero-order valence-electron chi connectivity index (χ0n) is 19.4. The summed E-state index contributed by atoms with van der Waals surface area (Å²) in [6, 6.07) is 7.11. The van der Waals surface area contributed by atoms with E-state index in [2.05, 4.69) is 15.5 Å². The lowest BCUT2D eigenvalue weighted by Gasteiger charge is -2.51. The molecule has 1 aromatic carbocycles. The van der Waals surface area contributed by atoms with Gasteiger partial charge in [0.05, 0.1) is 29.6 Å². The molecule has 2 atom stereocenters. The summed E-state index contributed by atoms with van der Waals surface area (Å²) >= 11 is 6.32. The second-order valence-electron chi connectivity index (χ2n) is 10.3. The lowest BCUT2D eigenvalue weighted by atomic mass is 9.88. The van der Waals surface area contributed by atoms with Crippen molar-refractivity contribution in [1.29, 1.82) is 0 Å². The molecule has 0 saturated carbocycles. The number of halogens is 4. The number of alkyl halides is 3. The van der Waals surface area contributed by atoms with Crippen LogP contribution < -0.4 is 15.5 Å². The van der Waals surface area contributed by atoms with Crippen molar-refractivity contribution in [2.45, 2.75) is 63.8 Å². The zero-order chi connectivity index (χ0) is 24.6. The number of carbonyl (C=O) groups excluding carboxylic acids is 2. The van der Waals surface area contributed by atoms with Gasteiger partial charge < -0.3 is 15.5 Å². The Labute approximate surface area is 197 Å². The van der Waals surface area contributed by atoms with Gasteiger partial charge in [0.25, 0.3) is 0 Å². The monoisotopic (exact) mass is 488 g/mol. The molecule has 0 unspecified atom stereocenters. The second kappa shape index (κ2) is 9.43. The maximum atomic E-state index is 13.0. The van der Waals surface area contributed by atoms with Crippen LogP contribution in [-0.4, -0.2) is 66.2 Å². The van der Waals surface area contributed by atoms with E-state index in [4.69, 9.17) is 11.6 Å². The minimum absolute atomic E-state index is 0.0830. The Morgan fingerprint density at radius 2 is 1.91 bits per heavy atom. The van der Waals surface area contributed by atoms with E-state index in [0.29, 0.717) is 36.8 Å². The van der Waals surface area contributed by atoms with Gasteiger partial charge in [0.15, 0.2) is 0 Å². The molecule has 2 aliphatic rings. The van der Waals surface area contributed by atoms with E-state index in [1.807, 2.05) is 32.0 Å². The smallest absolute Gasteiger partial charge is 0.351 e. The molecule has 2 N–H and O–H groups in total. The molecular weight excluding hydrogens is 457 g/mol. The van der Waals surface area contributed by atoms with E-state index in [1.54, 1.807) is 11.0 Å². The molecule has 0 aliphatic carbocycles. The highest BCUT2D eigenvalue weighted by Crippen LogP contribution is 2.34. The molecule has 6 nitrogen and oxygen atoms in total. The molecule has 2 heterocycles. The number of hydrogen-bond acceptors (Lipinski definition) is 4. The van der Waals surface area contributed by atoms with E-state index in [9.17, 15) is 22.8 Å². The van der Waals surface area contributed by atoms with E-state index in [1.165, 1.54) is 13.8 Å². The quantitative estimate of drug-likeness (QED) is 0.665. The van der Waals surface area contributed by atoms with Crippen molar-refractivity contribution in [2.24, 2.45) is 5.92 Å². The fourth-order valence-corrected chi connectivity index (χ4v) is 5.10. The summed E-state index contributed by atoms with van der Waals surface area (Å²) in [5.41, 5.74) is -1.12. The van der Waals surface area contributed by atoms with Gasteiger partial charge in [-0.1, -0.05) is 23.7 Å². The number of piperazine rings is 1. The van der Waals surface area contributed by atoms with Gasteiger partial charge in [-0.25, -0.2) is 0 Å². The van der Waals surface area contributed by atoms with Crippen molar-refractivity contribution >= 4 is 29.1 Å². The van der Waals surface area contributed by atoms with Crippen LogP contribution >= 0.6 is 11.6 Å². The van der Waals surface area contributed by atoms with Crippen LogP contribution in [0.4, 0.5) is 18.9 Å². The van der Waals surface area contributed by atoms with Crippen LogP contribution in [-0.2, 0) is 9.59 Å². The number of nitrogens with zero attached hydrogens (tertiary/aromatic N) is 2. The Morgan fingerprint density at radius 3 is 2.55 bits per heavy atom. The van der Waals surface area contributed by atoms with Crippen molar-refractivity contribution in [3.8, 4) is 0 Å². The molecular formula is C23H32ClF3N4O2. The van der Waals surface area contributed by atoms with Crippen molar-refractivity contribution in [3.63, 3.8) is 0 Å². The summed E-state index contributed by atoms with van der Waals surface area (Å²) in [5, 5.41) is 6.30. The number of amides is 2. The van der Waals surface area contributed by atoms with Crippen molar-refractivity contribution in [3.05, 3.63) is 29.3 Å². The molecule has 0 bridgehead atoms. The predicted octanol–water partition coefficient (Wildman–Crippen LogP) is 3.59. The molecule has 0 spiro atoms. The molecule has 2 fully saturated rings. The van der Waals surface area contributed by atoms with Gasteiger partial charge in [0.1, 0.15) is 0 Å². The molecule has 2 amide bonds. The van der Waals surface area contributed by atoms with E-state index in [0.717, 1.165) is 0 Å². The fourth-order valence-electron chi connectivity index (χ4n) is 4.86. The first-order chi connectivity index (χ1) is 15.2. The summed E-state index contributed by atoms with van der Waals surface area (Å²) in [5.74, 6) is -0.968. The normalized spacial score (nSPS) is 24.6. The highest BCUT2D eigenvalue weighted by atomic mass is 35.5. The summed E-state index contributed by atoms with van der Waals surface area (Å²) < 4.78 is 38.5. The van der Waals surface area contributed by atoms with Crippen LogP contribution in [0, 0.1) is 5.92 Å². The lowest BCUT2D eigenvalue weighted by Crippen LogP contribution is -2.67. The van der Waals surface area contributed by atoms with Crippen molar-refractivity contribution < 1.29 is 22.8 Å². The maximum Gasteiger partial charge on any atom is 0.391 e. The number of benzene rings is 1. The molecule has 1 aromatic rings. The largest absolute Gasteiger partial charge is 0.391 e. The first kappa shape index (κ1) is 25.8. The van der Waals surface area contributed by atoms with Gasteiger partial charge in [-0.3, -0.25) is 14.5 Å². The lowest BCUT2D eigenvalue weighted by molar-refractivity contribution is -0.151. The maximum absolute atomic E-state index is 13.0. The Bertz CT molecular complexity index is 891. The van der Waals surface area contributed by atoms with Gasteiger partial charge in [-0.15, -0.1) is 0 Å². The molecule has 10 heteroatoms. The van der Waals surface area contributed by atoms with E-state index >= 15 is 0 Å². The highest BCUT2D eigenvalue weighted by Gasteiger charge is 2.45. The SMILES string of the molecule is CC(C)(CC(F)(F)F)NC(=O)[C@@H]1CNC[C@H](N2CC(=O)N(c3ccccc3Cl)CC2(C)C)C1. The van der Waals surface area contributed by atoms with Crippen LogP contribution in [0.5, 0.6) is 0 Å². The number of para-hydroxylation sites is 1. The minimum Gasteiger partial charge on any atom is -0.351 e. The number of piperidine rings is 1. The molecule has 2 aliphatic heterocycles. The molecule has 2 saturated heterocycles. The summed E-state index contributed by atoms with van der Waals surface area (Å²) in [6.45, 7) is 8.42. The number of nitrogens with one attached hydrogen (secondary N) is 2. The summed E-state index contributed by atoms with van der Waals surface area (Å²) in [7, 11) is 0. The van der Waals surface area contributed by atoms with Crippen molar-refractivity contribution in [1.82, 2.24) is 15.5 Å². The Hall–Kier alpha value is -1.84. The van der Waals surface area contributed by atoms with E-state index < -0.39 is 35.5 Å². The molecule has 33 heavy (non-hydrogen) atoms. The van der Waals surface area contributed by atoms with Crippen LogP contribution in [0.3, 0.4) is 0 Å². The Balaban J connectivity index is 1.69. The van der Waals surface area contributed by atoms with Crippen LogP contribution in [0.1, 0.15) is 40.5 Å². The molecule has 3 rings (SSSR count). The first-order valence-corrected chi connectivity index (χ1v) is 11.5. The Kier molecular flexibility index (Phi) is 7.36. The van der Waals surface area contributed by atoms with Crippen molar-refractivity contribution in [2.75, 3.05) is 31.1 Å². The van der Waals surface area contributed by atoms with E-state index in [-0.39, 0.29) is 18.5 Å². The average molecular weight is 489 g/mol. The third kappa shape index (κ3) is 6.39. The minimum atomic E-state index is -4.37. The van der Waals surface area contributed by atoms with Crippen LogP contribution in [0.15, 0.2) is 24.3 Å². The molecule has 184 valence electrons. The topological polar surface area (TPSA) is 64.7 Å². The van der Waals surface area contributed by atoms with Gasteiger partial charge in [0, 0.05) is 36.8 Å². The number of hydrogen-bond donors (Lipinski definition) is 2. The van der Waals surface area contributed by atoms with Gasteiger partial charge >= 0.3 is 6.18 Å². The highest BCUT2D eigenvalue weighted by molar-refractivity contribution is 6.33. The average Bonchev–Trinajstić information content (AvgIpc) is 2.68. The van der Waals surface area contributed by atoms with Gasteiger partial charge in [0.2, 0.25) is 11.8 Å². The third-order valence-corrected chi connectivity index (χ3v) is 6.63. The second-order valence-corrected chi connectivity index (χ2v) is 10.7. The summed E-state index contributed by atoms with van der Waals surface area (Å²) in [4.78, 5) is 29.6. The third-order valence-electron chi connectivity index (χ3n) is 6.32. The van der Waals surface area contributed by atoms with Gasteiger partial charge in [-0.05, 0) is 46.2 Å². The van der Waals surface area contributed by atoms with Gasteiger partial charge in [-0.2, -0.15) is 13.2 Å². The summed E-state index contributed by atoms with van der Waals surface area (Å²) in [6.07, 6.45) is -5.00. The van der Waals surface area contributed by atoms with Crippen LogP contribution in [0.2, 0.25) is 5.02 Å². The zero-order valence-corrected chi connectivity index (χ0v) is 20.2. The number of rotatable bonds is 5. The molecule has 0 radical (unpaired) electrons. The number of anilines is 1. The predicted molar refractivity (Wildman–Crippen MR) is 122 cm³/mol.